The molecule has 0 amide bonds. The fourth-order valence-corrected chi connectivity index (χ4v) is 2.37. The van der Waals surface area contributed by atoms with E-state index >= 15 is 0 Å². The maximum atomic E-state index is 12.3. The molecule has 134 valence electrons. The van der Waals surface area contributed by atoms with Crippen molar-refractivity contribution in [1.29, 1.82) is 0 Å². The Labute approximate surface area is 145 Å². The number of hydrogen-bond donors (Lipinski definition) is 0. The second-order valence-electron chi connectivity index (χ2n) is 5.50. The zero-order chi connectivity index (χ0) is 17.8. The van der Waals surface area contributed by atoms with Gasteiger partial charge in [-0.1, -0.05) is 0 Å². The first-order valence-corrected chi connectivity index (χ1v) is 7.80. The van der Waals surface area contributed by atoms with E-state index in [0.717, 1.165) is 5.69 Å². The SMILES string of the molecule is COCCOc1cc2c(cc1COC(=O)c1cnn(C)c1C)OCO2. The van der Waals surface area contributed by atoms with Gasteiger partial charge >= 0.3 is 5.97 Å². The molecule has 0 saturated heterocycles. The standard InChI is InChI=1S/C17H20N2O6/c1-11-13(8-18-19(11)2)17(20)23-9-12-6-15-16(25-10-24-15)7-14(12)22-5-4-21-3/h6-8H,4-5,9-10H2,1-3H3. The molecule has 0 bridgehead atoms. The second kappa shape index (κ2) is 7.43. The molecular weight excluding hydrogens is 328 g/mol. The van der Waals surface area contributed by atoms with Gasteiger partial charge in [-0.15, -0.1) is 0 Å². The van der Waals surface area contributed by atoms with Crippen LogP contribution in [0.25, 0.3) is 0 Å². The number of aryl methyl sites for hydroxylation is 1. The van der Waals surface area contributed by atoms with Crippen molar-refractivity contribution in [3.05, 3.63) is 35.2 Å². The highest BCUT2D eigenvalue weighted by Crippen LogP contribution is 2.38. The molecule has 0 radical (unpaired) electrons. The van der Waals surface area contributed by atoms with Crippen LogP contribution >= 0.6 is 0 Å². The molecule has 0 fully saturated rings. The topological polar surface area (TPSA) is 81.0 Å². The van der Waals surface area contributed by atoms with Crippen molar-refractivity contribution >= 4 is 5.97 Å². The van der Waals surface area contributed by atoms with Gasteiger partial charge in [0, 0.05) is 31.5 Å². The Morgan fingerprint density at radius 2 is 2.04 bits per heavy atom. The summed E-state index contributed by atoms with van der Waals surface area (Å²) >= 11 is 0. The van der Waals surface area contributed by atoms with Crippen LogP contribution in [0.15, 0.2) is 18.3 Å². The fourth-order valence-electron chi connectivity index (χ4n) is 2.37. The van der Waals surface area contributed by atoms with Crippen molar-refractivity contribution in [3.63, 3.8) is 0 Å². The predicted octanol–water partition coefficient (Wildman–Crippen LogP) is 1.84. The van der Waals surface area contributed by atoms with Gasteiger partial charge in [0.1, 0.15) is 24.5 Å². The van der Waals surface area contributed by atoms with Crippen LogP contribution in [0.4, 0.5) is 0 Å². The van der Waals surface area contributed by atoms with E-state index in [1.54, 1.807) is 31.0 Å². The van der Waals surface area contributed by atoms with Gasteiger partial charge in [0.15, 0.2) is 11.5 Å². The average molecular weight is 348 g/mol. The van der Waals surface area contributed by atoms with E-state index in [2.05, 4.69) is 5.10 Å². The molecule has 0 aliphatic carbocycles. The van der Waals surface area contributed by atoms with Crippen molar-refractivity contribution in [3.8, 4) is 17.2 Å². The minimum atomic E-state index is -0.439. The molecule has 25 heavy (non-hydrogen) atoms. The summed E-state index contributed by atoms with van der Waals surface area (Å²) in [7, 11) is 3.37. The molecule has 1 aliphatic heterocycles. The van der Waals surface area contributed by atoms with Gasteiger partial charge in [-0.25, -0.2) is 4.79 Å². The predicted molar refractivity (Wildman–Crippen MR) is 87.0 cm³/mol. The van der Waals surface area contributed by atoms with Crippen molar-refractivity contribution in [1.82, 2.24) is 9.78 Å². The third-order valence-electron chi connectivity index (χ3n) is 3.91. The number of methoxy groups -OCH3 is 1. The normalized spacial score (nSPS) is 12.3. The van der Waals surface area contributed by atoms with E-state index in [4.69, 9.17) is 23.7 Å². The van der Waals surface area contributed by atoms with Crippen LogP contribution in [0.2, 0.25) is 0 Å². The highest BCUT2D eigenvalue weighted by Gasteiger charge is 2.20. The van der Waals surface area contributed by atoms with E-state index < -0.39 is 5.97 Å². The first-order chi connectivity index (χ1) is 12.1. The molecule has 1 aromatic carbocycles. The van der Waals surface area contributed by atoms with Crippen molar-refractivity contribution in [2.45, 2.75) is 13.5 Å². The van der Waals surface area contributed by atoms with Gasteiger partial charge in [-0.2, -0.15) is 5.10 Å². The fraction of sp³-hybridized carbons (Fsp3) is 0.412. The molecule has 3 rings (SSSR count). The van der Waals surface area contributed by atoms with E-state index in [1.165, 1.54) is 6.20 Å². The number of esters is 1. The van der Waals surface area contributed by atoms with Gasteiger partial charge in [-0.3, -0.25) is 4.68 Å². The molecule has 0 spiro atoms. The number of benzene rings is 1. The Morgan fingerprint density at radius 1 is 1.28 bits per heavy atom. The summed E-state index contributed by atoms with van der Waals surface area (Å²) in [5, 5.41) is 4.05. The Balaban J connectivity index is 1.74. The molecule has 2 heterocycles. The molecule has 1 aliphatic rings. The van der Waals surface area contributed by atoms with Crippen LogP contribution in [0, 0.1) is 6.92 Å². The maximum Gasteiger partial charge on any atom is 0.341 e. The Hall–Kier alpha value is -2.74. The minimum absolute atomic E-state index is 0.0477. The third kappa shape index (κ3) is 3.69. The lowest BCUT2D eigenvalue weighted by Gasteiger charge is -2.13. The quantitative estimate of drug-likeness (QED) is 0.558. The van der Waals surface area contributed by atoms with Gasteiger partial charge in [0.25, 0.3) is 0 Å². The lowest BCUT2D eigenvalue weighted by molar-refractivity contribution is 0.0467. The van der Waals surface area contributed by atoms with E-state index in [-0.39, 0.29) is 13.4 Å². The number of carbonyl (C=O) groups is 1. The van der Waals surface area contributed by atoms with Crippen LogP contribution in [-0.2, 0) is 23.1 Å². The van der Waals surface area contributed by atoms with Crippen LogP contribution in [-0.4, -0.2) is 42.9 Å². The largest absolute Gasteiger partial charge is 0.491 e. The molecule has 8 heteroatoms. The first-order valence-electron chi connectivity index (χ1n) is 7.80. The molecular formula is C17H20N2O6. The minimum Gasteiger partial charge on any atom is -0.491 e. The molecule has 2 aromatic rings. The summed E-state index contributed by atoms with van der Waals surface area (Å²) in [6.45, 7) is 2.84. The highest BCUT2D eigenvalue weighted by atomic mass is 16.7. The number of nitrogens with zero attached hydrogens (tertiary/aromatic N) is 2. The summed E-state index contributed by atoms with van der Waals surface area (Å²) in [4.78, 5) is 12.3. The molecule has 0 unspecified atom stereocenters. The lowest BCUT2D eigenvalue weighted by Crippen LogP contribution is -2.09. The van der Waals surface area contributed by atoms with Gasteiger partial charge in [0.2, 0.25) is 6.79 Å². The number of hydrogen-bond acceptors (Lipinski definition) is 7. The number of rotatable bonds is 7. The van der Waals surface area contributed by atoms with E-state index in [1.807, 2.05) is 6.92 Å². The van der Waals surface area contributed by atoms with E-state index in [9.17, 15) is 4.79 Å². The van der Waals surface area contributed by atoms with Crippen LogP contribution in [0.1, 0.15) is 21.6 Å². The van der Waals surface area contributed by atoms with Crippen molar-refractivity contribution < 1.29 is 28.5 Å². The van der Waals surface area contributed by atoms with E-state index in [0.29, 0.717) is 41.6 Å². The van der Waals surface area contributed by atoms with Crippen LogP contribution in [0.5, 0.6) is 17.2 Å². The highest BCUT2D eigenvalue weighted by molar-refractivity contribution is 5.90. The number of aromatic nitrogens is 2. The zero-order valence-corrected chi connectivity index (χ0v) is 14.4. The van der Waals surface area contributed by atoms with Crippen molar-refractivity contribution in [2.24, 2.45) is 7.05 Å². The number of ether oxygens (including phenoxy) is 5. The molecule has 0 N–H and O–H groups in total. The lowest BCUT2D eigenvalue weighted by atomic mass is 10.2. The summed E-state index contributed by atoms with van der Waals surface area (Å²) in [6, 6.07) is 3.49. The first kappa shape index (κ1) is 17.1. The van der Waals surface area contributed by atoms with Crippen LogP contribution in [0.3, 0.4) is 0 Å². The monoisotopic (exact) mass is 348 g/mol. The summed E-state index contributed by atoms with van der Waals surface area (Å²) in [6.07, 6.45) is 1.49. The van der Waals surface area contributed by atoms with Gasteiger partial charge in [-0.05, 0) is 13.0 Å². The smallest absolute Gasteiger partial charge is 0.341 e. The molecule has 0 atom stereocenters. The van der Waals surface area contributed by atoms with Crippen molar-refractivity contribution in [2.75, 3.05) is 27.1 Å². The Morgan fingerprint density at radius 3 is 2.72 bits per heavy atom. The Bertz CT molecular complexity index is 771. The Kier molecular flexibility index (Phi) is 5.08. The number of carbonyl (C=O) groups excluding carboxylic acids is 1. The number of fused-ring (bicyclic) bond motifs is 1. The summed E-state index contributed by atoms with van der Waals surface area (Å²) in [5.41, 5.74) is 1.87. The van der Waals surface area contributed by atoms with Gasteiger partial charge < -0.3 is 23.7 Å². The maximum absolute atomic E-state index is 12.3. The molecule has 8 nitrogen and oxygen atoms in total. The average Bonchev–Trinajstić information content (AvgIpc) is 3.19. The molecule has 0 saturated carbocycles. The second-order valence-corrected chi connectivity index (χ2v) is 5.50. The van der Waals surface area contributed by atoms with Gasteiger partial charge in [0.05, 0.1) is 12.8 Å². The zero-order valence-electron chi connectivity index (χ0n) is 14.4. The van der Waals surface area contributed by atoms with Crippen LogP contribution < -0.4 is 14.2 Å². The summed E-state index contributed by atoms with van der Waals surface area (Å²) in [5.74, 6) is 1.33. The third-order valence-corrected chi connectivity index (χ3v) is 3.91. The summed E-state index contributed by atoms with van der Waals surface area (Å²) < 4.78 is 28.5. The molecule has 1 aromatic heterocycles.